The van der Waals surface area contributed by atoms with Gasteiger partial charge in [-0.05, 0) is 74.6 Å². The summed E-state index contributed by atoms with van der Waals surface area (Å²) in [5.74, 6) is 0.338. The van der Waals surface area contributed by atoms with Crippen LogP contribution < -0.4 is 16.6 Å². The standard InChI is InChI=1S/C24H28ClN3O3S/c1-15(2)26-22(29)18-8-6-16(7-9-18)13-28-23(30)21-20(10-11-32-21)27(24(28)31)14-17-4-3-5-19(25)12-17/h3-5,10-12,15-16,18H,6-9,13-14H2,1-2H3,(H,26,29). The van der Waals surface area contributed by atoms with Crippen LogP contribution in [0.25, 0.3) is 10.2 Å². The second-order valence-electron chi connectivity index (χ2n) is 8.93. The van der Waals surface area contributed by atoms with E-state index in [1.807, 2.05) is 43.5 Å². The molecule has 8 heteroatoms. The lowest BCUT2D eigenvalue weighted by Crippen LogP contribution is -2.42. The average molecular weight is 474 g/mol. The van der Waals surface area contributed by atoms with Gasteiger partial charge in [0.2, 0.25) is 5.91 Å². The molecule has 1 fully saturated rings. The third-order valence-electron chi connectivity index (χ3n) is 6.16. The van der Waals surface area contributed by atoms with Crippen LogP contribution in [-0.4, -0.2) is 21.1 Å². The minimum Gasteiger partial charge on any atom is -0.354 e. The SMILES string of the molecule is CC(C)NC(=O)C1CCC(Cn2c(=O)c3sccc3n(Cc3cccc(Cl)c3)c2=O)CC1. The van der Waals surface area contributed by atoms with Crippen molar-refractivity contribution in [2.45, 2.75) is 58.7 Å². The maximum absolute atomic E-state index is 13.4. The van der Waals surface area contributed by atoms with E-state index >= 15 is 0 Å². The molecular formula is C24H28ClN3O3S. The summed E-state index contributed by atoms with van der Waals surface area (Å²) in [5.41, 5.74) is 1.06. The number of hydrogen-bond acceptors (Lipinski definition) is 4. The average Bonchev–Trinajstić information content (AvgIpc) is 3.24. The summed E-state index contributed by atoms with van der Waals surface area (Å²) < 4.78 is 3.65. The number of carbonyl (C=O) groups is 1. The highest BCUT2D eigenvalue weighted by Gasteiger charge is 2.28. The Hall–Kier alpha value is -2.38. The minimum atomic E-state index is -0.291. The van der Waals surface area contributed by atoms with E-state index in [-0.39, 0.29) is 35.0 Å². The number of nitrogens with zero attached hydrogens (tertiary/aromatic N) is 2. The van der Waals surface area contributed by atoms with Crippen LogP contribution in [0.15, 0.2) is 45.3 Å². The van der Waals surface area contributed by atoms with Gasteiger partial charge in [-0.2, -0.15) is 0 Å². The maximum Gasteiger partial charge on any atom is 0.331 e. The molecule has 0 unspecified atom stereocenters. The summed E-state index contributed by atoms with van der Waals surface area (Å²) >= 11 is 7.49. The first kappa shape index (κ1) is 22.8. The van der Waals surface area contributed by atoms with E-state index in [0.717, 1.165) is 31.2 Å². The van der Waals surface area contributed by atoms with Gasteiger partial charge in [-0.1, -0.05) is 23.7 Å². The van der Waals surface area contributed by atoms with Crippen molar-refractivity contribution in [3.63, 3.8) is 0 Å². The van der Waals surface area contributed by atoms with Crippen LogP contribution in [0, 0.1) is 11.8 Å². The highest BCUT2D eigenvalue weighted by molar-refractivity contribution is 7.17. The van der Waals surface area contributed by atoms with E-state index < -0.39 is 0 Å². The summed E-state index contributed by atoms with van der Waals surface area (Å²) in [4.78, 5) is 38.8. The van der Waals surface area contributed by atoms with Crippen molar-refractivity contribution in [1.82, 2.24) is 14.5 Å². The zero-order valence-corrected chi connectivity index (χ0v) is 19.9. The molecule has 1 amide bonds. The number of halogens is 1. The first-order chi connectivity index (χ1) is 15.3. The Morgan fingerprint density at radius 1 is 1.16 bits per heavy atom. The van der Waals surface area contributed by atoms with Crippen molar-refractivity contribution in [3.8, 4) is 0 Å². The summed E-state index contributed by atoms with van der Waals surface area (Å²) in [7, 11) is 0. The van der Waals surface area contributed by atoms with Crippen molar-refractivity contribution >= 4 is 39.1 Å². The predicted octanol–water partition coefficient (Wildman–Crippen LogP) is 4.26. The summed E-state index contributed by atoms with van der Waals surface area (Å²) in [5, 5.41) is 5.46. The summed E-state index contributed by atoms with van der Waals surface area (Å²) in [6.07, 6.45) is 3.24. The van der Waals surface area contributed by atoms with Gasteiger partial charge in [0.15, 0.2) is 0 Å². The van der Waals surface area contributed by atoms with Crippen LogP contribution in [-0.2, 0) is 17.9 Å². The van der Waals surface area contributed by atoms with Crippen molar-refractivity contribution in [1.29, 1.82) is 0 Å². The third-order valence-corrected chi connectivity index (χ3v) is 7.28. The number of rotatable bonds is 6. The molecule has 3 aromatic rings. The highest BCUT2D eigenvalue weighted by atomic mass is 35.5. The molecule has 1 saturated carbocycles. The Kier molecular flexibility index (Phi) is 6.86. The molecule has 1 aromatic carbocycles. The summed E-state index contributed by atoms with van der Waals surface area (Å²) in [6.45, 7) is 4.67. The van der Waals surface area contributed by atoms with E-state index in [9.17, 15) is 14.4 Å². The molecule has 170 valence electrons. The van der Waals surface area contributed by atoms with Crippen molar-refractivity contribution in [3.05, 3.63) is 67.1 Å². The van der Waals surface area contributed by atoms with Gasteiger partial charge in [0.05, 0.1) is 12.1 Å². The number of amides is 1. The molecule has 2 aromatic heterocycles. The Morgan fingerprint density at radius 3 is 2.59 bits per heavy atom. The third kappa shape index (κ3) is 4.84. The van der Waals surface area contributed by atoms with Gasteiger partial charge in [0.25, 0.3) is 5.56 Å². The van der Waals surface area contributed by atoms with Crippen molar-refractivity contribution in [2.75, 3.05) is 0 Å². The van der Waals surface area contributed by atoms with Crippen LogP contribution in [0.4, 0.5) is 0 Å². The Bertz CT molecular complexity index is 1240. The van der Waals surface area contributed by atoms with Crippen LogP contribution in [0.3, 0.4) is 0 Å². The lowest BCUT2D eigenvalue weighted by Gasteiger charge is -2.28. The van der Waals surface area contributed by atoms with Gasteiger partial charge >= 0.3 is 5.69 Å². The zero-order valence-electron chi connectivity index (χ0n) is 18.3. The van der Waals surface area contributed by atoms with Crippen LogP contribution in [0.1, 0.15) is 45.1 Å². The molecule has 2 heterocycles. The topological polar surface area (TPSA) is 73.1 Å². The number of benzene rings is 1. The van der Waals surface area contributed by atoms with Gasteiger partial charge < -0.3 is 5.32 Å². The lowest BCUT2D eigenvalue weighted by atomic mass is 9.81. The van der Waals surface area contributed by atoms with Gasteiger partial charge in [-0.25, -0.2) is 4.79 Å². The fourth-order valence-electron chi connectivity index (χ4n) is 4.53. The van der Waals surface area contributed by atoms with Gasteiger partial charge in [-0.3, -0.25) is 18.7 Å². The smallest absolute Gasteiger partial charge is 0.331 e. The van der Waals surface area contributed by atoms with Gasteiger partial charge in [-0.15, -0.1) is 11.3 Å². The molecule has 1 N–H and O–H groups in total. The van der Waals surface area contributed by atoms with E-state index in [1.54, 1.807) is 10.6 Å². The number of hydrogen-bond donors (Lipinski definition) is 1. The van der Waals surface area contributed by atoms with E-state index in [2.05, 4.69) is 5.32 Å². The summed E-state index contributed by atoms with van der Waals surface area (Å²) in [6, 6.07) is 9.38. The Balaban J connectivity index is 1.58. The Labute approximate surface area is 195 Å². The van der Waals surface area contributed by atoms with Crippen LogP contribution in [0.5, 0.6) is 0 Å². The lowest BCUT2D eigenvalue weighted by molar-refractivity contribution is -0.126. The van der Waals surface area contributed by atoms with E-state index in [1.165, 1.54) is 15.9 Å². The predicted molar refractivity (Wildman–Crippen MR) is 130 cm³/mol. The largest absolute Gasteiger partial charge is 0.354 e. The van der Waals surface area contributed by atoms with Crippen molar-refractivity contribution < 1.29 is 4.79 Å². The van der Waals surface area contributed by atoms with Crippen LogP contribution in [0.2, 0.25) is 5.02 Å². The first-order valence-electron chi connectivity index (χ1n) is 11.1. The van der Waals surface area contributed by atoms with Gasteiger partial charge in [0, 0.05) is 23.5 Å². The van der Waals surface area contributed by atoms with Crippen molar-refractivity contribution in [2.24, 2.45) is 11.8 Å². The van der Waals surface area contributed by atoms with Crippen LogP contribution >= 0.6 is 22.9 Å². The van der Waals surface area contributed by atoms with E-state index in [4.69, 9.17) is 11.6 Å². The molecule has 0 spiro atoms. The fraction of sp³-hybridized carbons (Fsp3) is 0.458. The van der Waals surface area contributed by atoms with Gasteiger partial charge in [0.1, 0.15) is 4.70 Å². The maximum atomic E-state index is 13.4. The zero-order chi connectivity index (χ0) is 22.8. The molecule has 1 aliphatic carbocycles. The molecular weight excluding hydrogens is 446 g/mol. The number of carbonyl (C=O) groups excluding carboxylic acids is 1. The molecule has 0 saturated heterocycles. The highest BCUT2D eigenvalue weighted by Crippen LogP contribution is 2.30. The molecule has 32 heavy (non-hydrogen) atoms. The molecule has 0 radical (unpaired) electrons. The molecule has 1 aliphatic rings. The quantitative estimate of drug-likeness (QED) is 0.581. The Morgan fingerprint density at radius 2 is 1.91 bits per heavy atom. The number of fused-ring (bicyclic) bond motifs is 1. The normalized spacial score (nSPS) is 18.9. The molecule has 6 nitrogen and oxygen atoms in total. The molecule has 0 bridgehead atoms. The fourth-order valence-corrected chi connectivity index (χ4v) is 5.59. The minimum absolute atomic E-state index is 0.0182. The monoisotopic (exact) mass is 473 g/mol. The number of thiophene rings is 1. The first-order valence-corrected chi connectivity index (χ1v) is 12.3. The molecule has 0 aliphatic heterocycles. The second-order valence-corrected chi connectivity index (χ2v) is 10.3. The number of aromatic nitrogens is 2. The molecule has 4 rings (SSSR count). The number of nitrogens with one attached hydrogen (secondary N) is 1. The second kappa shape index (κ2) is 9.63. The van der Waals surface area contributed by atoms with E-state index in [0.29, 0.717) is 28.3 Å². The molecule has 0 atom stereocenters.